The van der Waals surface area contributed by atoms with Crippen LogP contribution >= 0.6 is 0 Å². The Labute approximate surface area is 179 Å². The summed E-state index contributed by atoms with van der Waals surface area (Å²) in [7, 11) is 0. The van der Waals surface area contributed by atoms with E-state index in [1.807, 2.05) is 12.2 Å². The second kappa shape index (κ2) is 11.6. The van der Waals surface area contributed by atoms with Crippen LogP contribution < -0.4 is 5.32 Å². The second-order valence-corrected chi connectivity index (χ2v) is 6.66. The minimum atomic E-state index is -0.667. The van der Waals surface area contributed by atoms with Gasteiger partial charge in [0.15, 0.2) is 6.61 Å². The molecule has 164 valence electrons. The predicted molar refractivity (Wildman–Crippen MR) is 109 cm³/mol. The first-order chi connectivity index (χ1) is 15.1. The van der Waals surface area contributed by atoms with E-state index in [0.717, 1.165) is 0 Å². The summed E-state index contributed by atoms with van der Waals surface area (Å²) in [6.45, 7) is 0.763. The monoisotopic (exact) mass is 428 g/mol. The molecule has 9 nitrogen and oxygen atoms in total. The summed E-state index contributed by atoms with van der Waals surface area (Å²) in [5.41, 5.74) is 0.836. The molecule has 0 bridgehead atoms. The number of fused-ring (bicyclic) bond motifs is 1. The third-order valence-corrected chi connectivity index (χ3v) is 4.44. The fourth-order valence-corrected chi connectivity index (χ4v) is 2.91. The number of aromatic nitrogens is 1. The van der Waals surface area contributed by atoms with Gasteiger partial charge in [-0.1, -0.05) is 30.4 Å². The van der Waals surface area contributed by atoms with Gasteiger partial charge >= 0.3 is 12.1 Å². The molecule has 0 aliphatic carbocycles. The molecule has 1 amide bonds. The number of oxazole rings is 1. The summed E-state index contributed by atoms with van der Waals surface area (Å²) >= 11 is 0. The van der Waals surface area contributed by atoms with Crippen LogP contribution in [0.1, 0.15) is 34.7 Å². The van der Waals surface area contributed by atoms with Crippen LogP contribution in [-0.2, 0) is 27.2 Å². The van der Waals surface area contributed by atoms with Gasteiger partial charge in [0.05, 0.1) is 19.4 Å². The van der Waals surface area contributed by atoms with Gasteiger partial charge in [0.2, 0.25) is 5.89 Å². The maximum atomic E-state index is 12.7. The van der Waals surface area contributed by atoms with Crippen LogP contribution in [0.25, 0.3) is 0 Å². The lowest BCUT2D eigenvalue weighted by Gasteiger charge is -2.18. The quantitative estimate of drug-likeness (QED) is 0.550. The topological polar surface area (TPSA) is 120 Å². The SMILES string of the molecule is O=C(N/C=C/C[C@H]1CCOC/C=C/Cc2cccc(O)c2C(=O)O1)OCc1ncco1. The molecule has 31 heavy (non-hydrogen) atoms. The number of carbonyl (C=O) groups excluding carboxylic acids is 2. The summed E-state index contributed by atoms with van der Waals surface area (Å²) in [5.74, 6) is -0.426. The molecule has 0 radical (unpaired) electrons. The number of amides is 1. The first-order valence-corrected chi connectivity index (χ1v) is 9.84. The number of nitrogens with one attached hydrogen (secondary N) is 1. The van der Waals surface area contributed by atoms with E-state index in [1.54, 1.807) is 18.2 Å². The number of benzene rings is 1. The van der Waals surface area contributed by atoms with Gasteiger partial charge in [-0.05, 0) is 18.1 Å². The van der Waals surface area contributed by atoms with Crippen molar-refractivity contribution in [3.63, 3.8) is 0 Å². The van der Waals surface area contributed by atoms with Crippen molar-refractivity contribution in [3.05, 3.63) is 72.1 Å². The Balaban J connectivity index is 1.56. The number of hydrogen-bond acceptors (Lipinski definition) is 8. The van der Waals surface area contributed by atoms with Gasteiger partial charge in [-0.3, -0.25) is 5.32 Å². The number of phenols is 1. The number of ether oxygens (including phenoxy) is 3. The number of hydrogen-bond donors (Lipinski definition) is 2. The van der Waals surface area contributed by atoms with Gasteiger partial charge < -0.3 is 23.7 Å². The highest BCUT2D eigenvalue weighted by molar-refractivity contribution is 5.94. The highest BCUT2D eigenvalue weighted by Gasteiger charge is 2.21. The lowest BCUT2D eigenvalue weighted by molar-refractivity contribution is 0.0204. The van der Waals surface area contributed by atoms with Crippen molar-refractivity contribution in [1.29, 1.82) is 0 Å². The Hall–Kier alpha value is -3.59. The molecule has 1 aromatic heterocycles. The maximum absolute atomic E-state index is 12.7. The average Bonchev–Trinajstić information content (AvgIpc) is 3.27. The lowest BCUT2D eigenvalue weighted by atomic mass is 10.0. The molecular formula is C22H24N2O7. The van der Waals surface area contributed by atoms with E-state index in [4.69, 9.17) is 18.6 Å². The normalized spacial score (nSPS) is 18.3. The van der Waals surface area contributed by atoms with Gasteiger partial charge in [-0.2, -0.15) is 0 Å². The molecule has 1 aliphatic heterocycles. The van der Waals surface area contributed by atoms with E-state index in [-0.39, 0.29) is 23.8 Å². The molecule has 0 unspecified atom stereocenters. The molecule has 3 rings (SSSR count). The molecule has 9 heteroatoms. The summed E-state index contributed by atoms with van der Waals surface area (Å²) in [6, 6.07) is 4.92. The first kappa shape index (κ1) is 22.1. The maximum Gasteiger partial charge on any atom is 0.411 e. The van der Waals surface area contributed by atoms with Crippen molar-refractivity contribution >= 4 is 12.1 Å². The predicted octanol–water partition coefficient (Wildman–Crippen LogP) is 3.25. The Kier molecular flexibility index (Phi) is 8.24. The molecule has 1 aromatic carbocycles. The van der Waals surface area contributed by atoms with Crippen LogP contribution in [0.5, 0.6) is 5.75 Å². The number of cyclic esters (lactones) is 1. The van der Waals surface area contributed by atoms with Gasteiger partial charge in [-0.25, -0.2) is 14.6 Å². The molecule has 0 saturated carbocycles. The minimum Gasteiger partial charge on any atom is -0.507 e. The van der Waals surface area contributed by atoms with Gasteiger partial charge in [0, 0.05) is 19.0 Å². The first-order valence-electron chi connectivity index (χ1n) is 9.84. The molecule has 2 heterocycles. The standard InChI is InChI=1S/C22H24N2O7/c25-18-8-3-6-16-5-1-2-12-28-13-9-17(31-21(26)20(16)18)7-4-10-24-22(27)30-15-19-23-11-14-29-19/h1-4,6,8,10-11,14,17,25H,5,7,9,12-13,15H2,(H,24,27)/b2-1+,10-4+/t17-/m0/s1. The molecule has 0 saturated heterocycles. The average molecular weight is 428 g/mol. The zero-order valence-electron chi connectivity index (χ0n) is 16.9. The number of rotatable bonds is 5. The van der Waals surface area contributed by atoms with Gasteiger partial charge in [-0.15, -0.1) is 0 Å². The second-order valence-electron chi connectivity index (χ2n) is 6.66. The molecule has 2 aromatic rings. The number of phenolic OH excluding ortho intramolecular Hbond substituents is 1. The number of nitrogens with zero attached hydrogens (tertiary/aromatic N) is 1. The van der Waals surface area contributed by atoms with Crippen molar-refractivity contribution in [3.8, 4) is 5.75 Å². The van der Waals surface area contributed by atoms with Crippen molar-refractivity contribution in [2.24, 2.45) is 0 Å². The van der Waals surface area contributed by atoms with E-state index < -0.39 is 18.2 Å². The van der Waals surface area contributed by atoms with Crippen LogP contribution in [0.4, 0.5) is 4.79 Å². The summed E-state index contributed by atoms with van der Waals surface area (Å²) < 4.78 is 21.1. The minimum absolute atomic E-state index is 0.0817. The highest BCUT2D eigenvalue weighted by Crippen LogP contribution is 2.24. The van der Waals surface area contributed by atoms with Gasteiger partial charge in [0.25, 0.3) is 0 Å². The van der Waals surface area contributed by atoms with Crippen LogP contribution in [-0.4, -0.2) is 41.5 Å². The van der Waals surface area contributed by atoms with Crippen molar-refractivity contribution < 1.29 is 33.3 Å². The summed E-state index contributed by atoms with van der Waals surface area (Å²) in [5, 5.41) is 12.6. The van der Waals surface area contributed by atoms with Gasteiger partial charge in [0.1, 0.15) is 23.7 Å². The van der Waals surface area contributed by atoms with Crippen LogP contribution in [0.15, 0.2) is 59.5 Å². The van der Waals surface area contributed by atoms with E-state index >= 15 is 0 Å². The fraction of sp³-hybridized carbons (Fsp3) is 0.318. The largest absolute Gasteiger partial charge is 0.507 e. The summed E-state index contributed by atoms with van der Waals surface area (Å²) in [4.78, 5) is 28.2. The number of carbonyl (C=O) groups is 2. The molecule has 1 atom stereocenters. The fourth-order valence-electron chi connectivity index (χ4n) is 2.91. The van der Waals surface area contributed by atoms with Crippen LogP contribution in [0.3, 0.4) is 0 Å². The third kappa shape index (κ3) is 7.00. The van der Waals surface area contributed by atoms with Crippen molar-refractivity contribution in [2.45, 2.75) is 32.0 Å². The Morgan fingerprint density at radius 1 is 1.35 bits per heavy atom. The molecule has 2 N–H and O–H groups in total. The molecular weight excluding hydrogens is 404 g/mol. The lowest BCUT2D eigenvalue weighted by Crippen LogP contribution is -2.22. The number of esters is 1. The Morgan fingerprint density at radius 2 is 2.26 bits per heavy atom. The Bertz CT molecular complexity index is 922. The zero-order valence-corrected chi connectivity index (χ0v) is 16.9. The van der Waals surface area contributed by atoms with E-state index in [0.29, 0.717) is 38.0 Å². The number of aromatic hydroxyl groups is 1. The van der Waals surface area contributed by atoms with E-state index in [2.05, 4.69) is 10.3 Å². The van der Waals surface area contributed by atoms with Crippen LogP contribution in [0.2, 0.25) is 0 Å². The Morgan fingerprint density at radius 3 is 3.10 bits per heavy atom. The van der Waals surface area contributed by atoms with Crippen LogP contribution in [0, 0.1) is 0 Å². The highest BCUT2D eigenvalue weighted by atomic mass is 16.6. The number of alkyl carbamates (subject to hydrolysis) is 1. The molecule has 1 aliphatic rings. The number of allylic oxidation sites excluding steroid dienone is 1. The van der Waals surface area contributed by atoms with Crippen molar-refractivity contribution in [2.75, 3.05) is 13.2 Å². The summed E-state index contributed by atoms with van der Waals surface area (Å²) in [6.07, 6.45) is 9.80. The van der Waals surface area contributed by atoms with Crippen molar-refractivity contribution in [1.82, 2.24) is 10.3 Å². The van der Waals surface area contributed by atoms with E-state index in [1.165, 1.54) is 24.7 Å². The van der Waals surface area contributed by atoms with E-state index in [9.17, 15) is 14.7 Å². The molecule has 0 fully saturated rings. The third-order valence-electron chi connectivity index (χ3n) is 4.44. The zero-order chi connectivity index (χ0) is 21.9. The smallest absolute Gasteiger partial charge is 0.411 e. The molecule has 0 spiro atoms.